The molecule has 1 atom stereocenters. The minimum Gasteiger partial charge on any atom is -0.490 e. The van der Waals surface area contributed by atoms with Crippen molar-refractivity contribution in [3.63, 3.8) is 0 Å². The van der Waals surface area contributed by atoms with Gasteiger partial charge in [-0.15, -0.1) is 0 Å². The third-order valence-corrected chi connectivity index (χ3v) is 6.96. The lowest BCUT2D eigenvalue weighted by atomic mass is 10.0. The van der Waals surface area contributed by atoms with Crippen molar-refractivity contribution in [1.82, 2.24) is 10.3 Å². The van der Waals surface area contributed by atoms with E-state index in [0.717, 1.165) is 46.2 Å². The lowest BCUT2D eigenvalue weighted by Gasteiger charge is -2.23. The molecular weight excluding hydrogens is 528 g/mol. The first-order chi connectivity index (χ1) is 20.3. The SMILES string of the molecule is CCOc1cc(C(Nc2ccc3c(N)nccc3c2)C(=O)NCc2ccccc2OC(CC)CC)ccc1OC(C)C. The summed E-state index contributed by atoms with van der Waals surface area (Å²) in [5.74, 6) is 2.28. The highest BCUT2D eigenvalue weighted by Crippen LogP contribution is 2.34. The molecule has 1 amide bonds. The average molecular weight is 571 g/mol. The van der Waals surface area contributed by atoms with Gasteiger partial charge < -0.3 is 30.6 Å². The normalized spacial score (nSPS) is 11.9. The zero-order chi connectivity index (χ0) is 30.1. The second kappa shape index (κ2) is 14.4. The number of nitrogens with two attached hydrogens (primary N) is 1. The molecule has 0 aliphatic rings. The van der Waals surface area contributed by atoms with Crippen LogP contribution in [0.3, 0.4) is 0 Å². The number of nitrogens with one attached hydrogen (secondary N) is 2. The van der Waals surface area contributed by atoms with E-state index in [1.807, 2.05) is 87.5 Å². The number of anilines is 2. The van der Waals surface area contributed by atoms with E-state index >= 15 is 0 Å². The van der Waals surface area contributed by atoms with Crippen LogP contribution in [-0.2, 0) is 11.3 Å². The predicted octanol–water partition coefficient (Wildman–Crippen LogP) is 7.04. The number of carbonyl (C=O) groups excluding carboxylic acids is 1. The number of carbonyl (C=O) groups is 1. The first-order valence-corrected chi connectivity index (χ1v) is 14.7. The first kappa shape index (κ1) is 30.5. The molecule has 42 heavy (non-hydrogen) atoms. The van der Waals surface area contributed by atoms with Gasteiger partial charge in [0.15, 0.2) is 11.5 Å². The summed E-state index contributed by atoms with van der Waals surface area (Å²) < 4.78 is 18.1. The fourth-order valence-corrected chi connectivity index (χ4v) is 4.77. The van der Waals surface area contributed by atoms with Gasteiger partial charge in [0, 0.05) is 29.4 Å². The Morgan fingerprint density at radius 1 is 0.905 bits per heavy atom. The maximum absolute atomic E-state index is 13.9. The lowest BCUT2D eigenvalue weighted by molar-refractivity contribution is -0.122. The van der Waals surface area contributed by atoms with Gasteiger partial charge in [-0.1, -0.05) is 38.1 Å². The fourth-order valence-electron chi connectivity index (χ4n) is 4.77. The molecule has 0 saturated carbocycles. The number of rotatable bonds is 14. The van der Waals surface area contributed by atoms with Gasteiger partial charge in [-0.05, 0) is 87.0 Å². The summed E-state index contributed by atoms with van der Waals surface area (Å²) >= 11 is 0. The van der Waals surface area contributed by atoms with Crippen molar-refractivity contribution in [1.29, 1.82) is 0 Å². The van der Waals surface area contributed by atoms with Crippen LogP contribution in [0, 0.1) is 0 Å². The number of aromatic nitrogens is 1. The van der Waals surface area contributed by atoms with Crippen molar-refractivity contribution in [3.05, 3.63) is 84.1 Å². The van der Waals surface area contributed by atoms with E-state index in [-0.39, 0.29) is 18.1 Å². The molecule has 222 valence electrons. The van der Waals surface area contributed by atoms with Crippen LogP contribution < -0.4 is 30.6 Å². The molecule has 1 aromatic heterocycles. The van der Waals surface area contributed by atoms with Crippen molar-refractivity contribution in [2.24, 2.45) is 0 Å². The topological polar surface area (TPSA) is 108 Å². The fraction of sp³-hybridized carbons (Fsp3) is 0.353. The Bertz CT molecular complexity index is 1490. The summed E-state index contributed by atoms with van der Waals surface area (Å²) in [7, 11) is 0. The first-order valence-electron chi connectivity index (χ1n) is 14.7. The number of benzene rings is 3. The molecule has 0 aliphatic heterocycles. The van der Waals surface area contributed by atoms with E-state index in [9.17, 15) is 4.79 Å². The van der Waals surface area contributed by atoms with Gasteiger partial charge in [-0.3, -0.25) is 4.79 Å². The highest BCUT2D eigenvalue weighted by molar-refractivity contribution is 5.94. The van der Waals surface area contributed by atoms with Crippen molar-refractivity contribution in [2.75, 3.05) is 17.7 Å². The summed E-state index contributed by atoms with van der Waals surface area (Å²) in [4.78, 5) is 18.1. The quantitative estimate of drug-likeness (QED) is 0.149. The van der Waals surface area contributed by atoms with Crippen LogP contribution in [0.2, 0.25) is 0 Å². The number of pyridine rings is 1. The van der Waals surface area contributed by atoms with E-state index in [4.69, 9.17) is 19.9 Å². The molecule has 4 N–H and O–H groups in total. The molecule has 4 aromatic rings. The van der Waals surface area contributed by atoms with Crippen LogP contribution in [0.5, 0.6) is 17.2 Å². The average Bonchev–Trinajstić information content (AvgIpc) is 2.99. The maximum atomic E-state index is 13.9. The molecule has 0 aliphatic carbocycles. The number of hydrogen-bond donors (Lipinski definition) is 3. The number of fused-ring (bicyclic) bond motifs is 1. The third kappa shape index (κ3) is 7.63. The minimum atomic E-state index is -0.721. The smallest absolute Gasteiger partial charge is 0.247 e. The molecule has 1 unspecified atom stereocenters. The van der Waals surface area contributed by atoms with Crippen molar-refractivity contribution >= 4 is 28.2 Å². The van der Waals surface area contributed by atoms with E-state index in [2.05, 4.69) is 29.5 Å². The molecule has 8 heteroatoms. The molecular formula is C34H42N4O4. The maximum Gasteiger partial charge on any atom is 0.247 e. The Labute approximate surface area is 248 Å². The summed E-state index contributed by atoms with van der Waals surface area (Å²) in [6, 6.07) is 20.4. The Balaban J connectivity index is 1.65. The van der Waals surface area contributed by atoms with Gasteiger partial charge in [0.1, 0.15) is 17.6 Å². The molecule has 0 spiro atoms. The molecule has 3 aromatic carbocycles. The third-order valence-electron chi connectivity index (χ3n) is 6.96. The summed E-state index contributed by atoms with van der Waals surface area (Å²) in [5.41, 5.74) is 8.49. The second-order valence-electron chi connectivity index (χ2n) is 10.4. The van der Waals surface area contributed by atoms with Gasteiger partial charge in [0.2, 0.25) is 5.91 Å². The zero-order valence-corrected chi connectivity index (χ0v) is 25.1. The van der Waals surface area contributed by atoms with Crippen molar-refractivity contribution in [3.8, 4) is 17.2 Å². The molecule has 0 fully saturated rings. The molecule has 0 bridgehead atoms. The number of hydrogen-bond acceptors (Lipinski definition) is 7. The van der Waals surface area contributed by atoms with Gasteiger partial charge in [0.05, 0.1) is 18.8 Å². The zero-order valence-electron chi connectivity index (χ0n) is 25.1. The Kier molecular flexibility index (Phi) is 10.5. The van der Waals surface area contributed by atoms with Gasteiger partial charge in [0.25, 0.3) is 0 Å². The molecule has 0 radical (unpaired) electrons. The highest BCUT2D eigenvalue weighted by Gasteiger charge is 2.23. The van der Waals surface area contributed by atoms with E-state index in [1.165, 1.54) is 0 Å². The number of nitrogen functional groups attached to an aromatic ring is 1. The van der Waals surface area contributed by atoms with E-state index in [1.54, 1.807) is 6.20 Å². The van der Waals surface area contributed by atoms with Crippen molar-refractivity contribution in [2.45, 2.75) is 72.3 Å². The Hall–Kier alpha value is -4.46. The molecule has 0 saturated heterocycles. The van der Waals surface area contributed by atoms with Gasteiger partial charge in [-0.25, -0.2) is 4.98 Å². The Morgan fingerprint density at radius 3 is 2.43 bits per heavy atom. The predicted molar refractivity (Wildman–Crippen MR) is 169 cm³/mol. The molecule has 4 rings (SSSR count). The molecule has 8 nitrogen and oxygen atoms in total. The van der Waals surface area contributed by atoms with Crippen LogP contribution in [0.25, 0.3) is 10.8 Å². The largest absolute Gasteiger partial charge is 0.490 e. The second-order valence-corrected chi connectivity index (χ2v) is 10.4. The van der Waals surface area contributed by atoms with Crippen LogP contribution in [-0.4, -0.2) is 29.7 Å². The number of nitrogens with zero attached hydrogens (tertiary/aromatic N) is 1. The van der Waals surface area contributed by atoms with Crippen LogP contribution >= 0.6 is 0 Å². The standard InChI is InChI=1S/C34H42N4O4/c1-6-27(7-2)42-29-12-10-9-11-25(29)21-37-34(39)32(24-13-16-30(41-22(4)5)31(20-24)40-8-3)38-26-14-15-28-23(19-26)17-18-36-33(28)35/h9-20,22,27,32,38H,6-8,21H2,1-5H3,(H2,35,36)(H,37,39). The number of amides is 1. The Morgan fingerprint density at radius 2 is 1.69 bits per heavy atom. The number of ether oxygens (including phenoxy) is 3. The lowest BCUT2D eigenvalue weighted by Crippen LogP contribution is -2.33. The van der Waals surface area contributed by atoms with Gasteiger partial charge in [-0.2, -0.15) is 0 Å². The minimum absolute atomic E-state index is 0.0193. The summed E-state index contributed by atoms with van der Waals surface area (Å²) in [6.45, 7) is 10.9. The van der Waals surface area contributed by atoms with Gasteiger partial charge >= 0.3 is 0 Å². The summed E-state index contributed by atoms with van der Waals surface area (Å²) in [6.07, 6.45) is 3.60. The summed E-state index contributed by atoms with van der Waals surface area (Å²) in [5, 5.41) is 8.34. The van der Waals surface area contributed by atoms with Crippen LogP contribution in [0.1, 0.15) is 64.6 Å². The highest BCUT2D eigenvalue weighted by atomic mass is 16.5. The molecule has 1 heterocycles. The van der Waals surface area contributed by atoms with E-state index < -0.39 is 6.04 Å². The monoisotopic (exact) mass is 570 g/mol. The van der Waals surface area contributed by atoms with Crippen LogP contribution in [0.15, 0.2) is 72.9 Å². The van der Waals surface area contributed by atoms with E-state index in [0.29, 0.717) is 30.5 Å². The number of para-hydroxylation sites is 1. The van der Waals surface area contributed by atoms with Crippen LogP contribution in [0.4, 0.5) is 11.5 Å². The van der Waals surface area contributed by atoms with Crippen molar-refractivity contribution < 1.29 is 19.0 Å².